The van der Waals surface area contributed by atoms with E-state index in [1.807, 2.05) is 0 Å². The first kappa shape index (κ1) is 43.8. The Kier molecular flexibility index (Phi) is 21.6. The summed E-state index contributed by atoms with van der Waals surface area (Å²) in [5.41, 5.74) is 26.6. The van der Waals surface area contributed by atoms with Crippen molar-refractivity contribution in [1.29, 1.82) is 0 Å². The summed E-state index contributed by atoms with van der Waals surface area (Å²) < 4.78 is 33.0. The molecule has 4 rings (SSSR count). The van der Waals surface area contributed by atoms with Crippen LogP contribution in [0, 0.1) is 0 Å². The zero-order chi connectivity index (χ0) is 35.7. The molecule has 280 valence electrons. The topological polar surface area (TPSA) is 338 Å². The molecule has 47 heavy (non-hydrogen) atoms. The first-order chi connectivity index (χ1) is 22.2. The molecule has 0 bridgehead atoms. The number of nitrogens with one attached hydrogen (secondary N) is 1. The van der Waals surface area contributed by atoms with Crippen molar-refractivity contribution < 1.29 is 63.9 Å². The maximum absolute atomic E-state index is 11.9. The lowest BCUT2D eigenvalue weighted by atomic mass is 9.89. The van der Waals surface area contributed by atoms with Gasteiger partial charge in [0, 0.05) is 44.6 Å². The lowest BCUT2D eigenvalue weighted by molar-refractivity contribution is -0.238. The average molecular weight is 691 g/mol. The SMILES string of the molecule is CC(O)C(F)CN.NC1CC(NC=O)CC(OC2CCC(CO)O2)C1.NCC1O[C@H](O)CC[C@@H]1O.NC[C@@H]1O[C@H](O)[C@H](N)C(O)[C@@H]1O. The average Bonchev–Trinajstić information content (AvgIpc) is 3.50. The van der Waals surface area contributed by atoms with Crippen molar-refractivity contribution in [3.05, 3.63) is 0 Å². The van der Waals surface area contributed by atoms with E-state index in [1.165, 1.54) is 6.92 Å². The zero-order valence-electron chi connectivity index (χ0n) is 27.0. The van der Waals surface area contributed by atoms with E-state index in [2.05, 4.69) is 5.32 Å². The summed E-state index contributed by atoms with van der Waals surface area (Å²) in [6.07, 6.45) is -2.70. The predicted molar refractivity (Wildman–Crippen MR) is 165 cm³/mol. The molecule has 18 nitrogen and oxygen atoms in total. The van der Waals surface area contributed by atoms with Gasteiger partial charge in [-0.15, -0.1) is 0 Å². The third kappa shape index (κ3) is 15.9. The molecule has 4 fully saturated rings. The second kappa shape index (κ2) is 23.2. The molecule has 3 heterocycles. The second-order valence-electron chi connectivity index (χ2n) is 12.0. The minimum Gasteiger partial charge on any atom is -0.394 e. The molecule has 1 saturated carbocycles. The normalized spacial score (nSPS) is 39.8. The van der Waals surface area contributed by atoms with Crippen LogP contribution in [0.25, 0.3) is 0 Å². The molecule has 0 aromatic carbocycles. The van der Waals surface area contributed by atoms with Crippen molar-refractivity contribution in [3.63, 3.8) is 0 Å². The van der Waals surface area contributed by atoms with Gasteiger partial charge in [-0.2, -0.15) is 0 Å². The molecular formula is C28H59FN6O12. The molecule has 0 radical (unpaired) electrons. The van der Waals surface area contributed by atoms with Crippen LogP contribution >= 0.6 is 0 Å². The molecule has 15 atom stereocenters. The summed E-state index contributed by atoms with van der Waals surface area (Å²) in [4.78, 5) is 10.5. The molecule has 0 aromatic rings. The Morgan fingerprint density at radius 2 is 1.57 bits per heavy atom. The Hall–Kier alpha value is -1.24. The number of hydrogen-bond donors (Lipinski definition) is 13. The van der Waals surface area contributed by atoms with Crippen molar-refractivity contribution in [2.45, 2.75) is 144 Å². The molecule has 1 aliphatic carbocycles. The van der Waals surface area contributed by atoms with Gasteiger partial charge in [0.1, 0.15) is 24.5 Å². The summed E-state index contributed by atoms with van der Waals surface area (Å²) in [6, 6.07) is -0.842. The van der Waals surface area contributed by atoms with Gasteiger partial charge in [-0.3, -0.25) is 4.79 Å². The molecule has 0 spiro atoms. The Bertz CT molecular complexity index is 827. The number of carbonyl (C=O) groups excluding carboxylic acids is 1. The number of halogens is 1. The Balaban J connectivity index is 0.000000333. The molecular weight excluding hydrogens is 631 g/mol. The van der Waals surface area contributed by atoms with Crippen molar-refractivity contribution in [1.82, 2.24) is 5.32 Å². The number of ether oxygens (including phenoxy) is 4. The van der Waals surface area contributed by atoms with E-state index >= 15 is 0 Å². The molecule has 0 aromatic heterocycles. The van der Waals surface area contributed by atoms with Gasteiger partial charge in [-0.05, 0) is 39.0 Å². The fourth-order valence-corrected chi connectivity index (χ4v) is 5.21. The summed E-state index contributed by atoms with van der Waals surface area (Å²) in [5, 5.41) is 65.9. The Morgan fingerprint density at radius 1 is 0.915 bits per heavy atom. The largest absolute Gasteiger partial charge is 0.394 e. The van der Waals surface area contributed by atoms with Crippen molar-refractivity contribution >= 4 is 6.41 Å². The van der Waals surface area contributed by atoms with Crippen LogP contribution in [0.2, 0.25) is 0 Å². The van der Waals surface area contributed by atoms with Crippen molar-refractivity contribution in [2.24, 2.45) is 28.7 Å². The van der Waals surface area contributed by atoms with Crippen LogP contribution in [-0.4, -0.2) is 160 Å². The number of nitrogens with two attached hydrogens (primary N) is 5. The Morgan fingerprint density at radius 3 is 2.06 bits per heavy atom. The minimum atomic E-state index is -1.27. The van der Waals surface area contributed by atoms with Crippen LogP contribution in [0.3, 0.4) is 0 Å². The number of carbonyl (C=O) groups is 1. The molecule has 4 aliphatic rings. The number of rotatable bonds is 9. The summed E-state index contributed by atoms with van der Waals surface area (Å²) in [7, 11) is 0. The van der Waals surface area contributed by atoms with Crippen molar-refractivity contribution in [2.75, 3.05) is 26.2 Å². The minimum absolute atomic E-state index is 0.0219. The first-order valence-corrected chi connectivity index (χ1v) is 16.0. The molecule has 18 N–H and O–H groups in total. The van der Waals surface area contributed by atoms with E-state index in [0.717, 1.165) is 32.1 Å². The van der Waals surface area contributed by atoms with Crippen LogP contribution in [0.15, 0.2) is 0 Å². The fourth-order valence-electron chi connectivity index (χ4n) is 5.21. The predicted octanol–water partition coefficient (Wildman–Crippen LogP) is -5.33. The third-order valence-corrected chi connectivity index (χ3v) is 8.07. The maximum Gasteiger partial charge on any atom is 0.207 e. The van der Waals surface area contributed by atoms with Gasteiger partial charge in [-0.1, -0.05) is 0 Å². The zero-order valence-corrected chi connectivity index (χ0v) is 27.0. The van der Waals surface area contributed by atoms with Crippen LogP contribution in [0.5, 0.6) is 0 Å². The van der Waals surface area contributed by atoms with Gasteiger partial charge in [0.2, 0.25) is 6.41 Å². The van der Waals surface area contributed by atoms with E-state index in [1.54, 1.807) is 0 Å². The lowest BCUT2D eigenvalue weighted by Crippen LogP contribution is -2.62. The number of amides is 1. The fraction of sp³-hybridized carbons (Fsp3) is 0.964. The van der Waals surface area contributed by atoms with Crippen LogP contribution < -0.4 is 34.0 Å². The number of alkyl halides is 1. The highest BCUT2D eigenvalue weighted by Gasteiger charge is 2.41. The van der Waals surface area contributed by atoms with Gasteiger partial charge in [0.25, 0.3) is 0 Å². The molecule has 1 amide bonds. The van der Waals surface area contributed by atoms with Gasteiger partial charge in [0.05, 0.1) is 43.2 Å². The van der Waals surface area contributed by atoms with Gasteiger partial charge in [0.15, 0.2) is 18.9 Å². The molecule has 3 aliphatic heterocycles. The smallest absolute Gasteiger partial charge is 0.207 e. The third-order valence-electron chi connectivity index (χ3n) is 8.07. The number of aliphatic hydroxyl groups excluding tert-OH is 7. The Labute approximate surface area is 274 Å². The highest BCUT2D eigenvalue weighted by Crippen LogP contribution is 2.27. The quantitative estimate of drug-likeness (QED) is 0.100. The summed E-state index contributed by atoms with van der Waals surface area (Å²) in [5.74, 6) is 0. The second-order valence-corrected chi connectivity index (χ2v) is 12.0. The number of hydrogen-bond acceptors (Lipinski definition) is 17. The van der Waals surface area contributed by atoms with Crippen LogP contribution in [-0.2, 0) is 23.7 Å². The van der Waals surface area contributed by atoms with E-state index in [-0.39, 0.29) is 62.9 Å². The highest BCUT2D eigenvalue weighted by atomic mass is 19.1. The lowest BCUT2D eigenvalue weighted by Gasteiger charge is -2.38. The van der Waals surface area contributed by atoms with Gasteiger partial charge in [-0.25, -0.2) is 4.39 Å². The van der Waals surface area contributed by atoms with E-state index in [4.69, 9.17) is 68.0 Å². The van der Waals surface area contributed by atoms with Crippen LogP contribution in [0.1, 0.15) is 51.9 Å². The number of aliphatic hydroxyl groups is 7. The van der Waals surface area contributed by atoms with Crippen LogP contribution in [0.4, 0.5) is 4.39 Å². The van der Waals surface area contributed by atoms with Crippen molar-refractivity contribution in [3.8, 4) is 0 Å². The standard InChI is InChI=1S/C12H22N2O4.C6H14N2O4.C6H13NO3.C4H10FNO/c13-8-3-9(14-7-16)5-11(4-8)18-12-2-1-10(6-15)17-12;7-1-2-4(9)5(10)3(8)6(11)12-2;7-3-5-4(8)1-2-6(9)10-5;1-3(7)4(5)2-6/h7-12,15H,1-6,13H2,(H,14,16);2-6,9-11H,1,7-8H2;4-6,8-9H,1-3,7H2;3-4,7H,2,6H2,1H3/t;2-,3+,4+,5?,6-;4-,5?,6-;/m.00./s1. The summed E-state index contributed by atoms with van der Waals surface area (Å²) in [6.45, 7) is 1.61. The molecule has 3 saturated heterocycles. The molecule has 9 unspecified atom stereocenters. The van der Waals surface area contributed by atoms with Gasteiger partial charge >= 0.3 is 0 Å². The summed E-state index contributed by atoms with van der Waals surface area (Å²) >= 11 is 0. The van der Waals surface area contributed by atoms with Gasteiger partial charge < -0.3 is 88.7 Å². The highest BCUT2D eigenvalue weighted by molar-refractivity contribution is 5.46. The van der Waals surface area contributed by atoms with E-state index in [0.29, 0.717) is 19.3 Å². The molecule has 19 heteroatoms. The van der Waals surface area contributed by atoms with E-state index in [9.17, 15) is 24.5 Å². The monoisotopic (exact) mass is 690 g/mol. The maximum atomic E-state index is 11.9. The first-order valence-electron chi connectivity index (χ1n) is 16.0. The van der Waals surface area contributed by atoms with E-state index < -0.39 is 55.3 Å².